The summed E-state index contributed by atoms with van der Waals surface area (Å²) in [6.45, 7) is 1.11. The number of nitrogens with zero attached hydrogens (tertiary/aromatic N) is 1. The summed E-state index contributed by atoms with van der Waals surface area (Å²) in [4.78, 5) is 3.89. The molecule has 1 aromatic heterocycles. The lowest BCUT2D eigenvalue weighted by atomic mass is 10.3. The quantitative estimate of drug-likeness (QED) is 0.680. The van der Waals surface area contributed by atoms with Crippen molar-refractivity contribution in [2.45, 2.75) is 31.8 Å². The maximum absolute atomic E-state index is 11.7. The van der Waals surface area contributed by atoms with Gasteiger partial charge in [0.2, 0.25) is 10.0 Å². The molecule has 0 saturated heterocycles. The molecule has 2 N–H and O–H groups in total. The maximum atomic E-state index is 11.7. The Labute approximate surface area is 108 Å². The number of rotatable bonds is 8. The minimum Gasteiger partial charge on any atom is -0.314 e. The second-order valence-corrected chi connectivity index (χ2v) is 6.50. The third kappa shape index (κ3) is 5.12. The first kappa shape index (κ1) is 13.5. The number of pyridine rings is 1. The largest absolute Gasteiger partial charge is 0.314 e. The van der Waals surface area contributed by atoms with Gasteiger partial charge in [-0.05, 0) is 43.5 Å². The van der Waals surface area contributed by atoms with Crippen LogP contribution in [0.25, 0.3) is 0 Å². The molecular formula is C12H19N3O2S. The van der Waals surface area contributed by atoms with Crippen LogP contribution in [0, 0.1) is 0 Å². The van der Waals surface area contributed by atoms with E-state index >= 15 is 0 Å². The molecule has 1 aliphatic rings. The van der Waals surface area contributed by atoms with E-state index in [0.717, 1.165) is 12.1 Å². The van der Waals surface area contributed by atoms with Crippen molar-refractivity contribution in [2.24, 2.45) is 0 Å². The van der Waals surface area contributed by atoms with Gasteiger partial charge in [0.1, 0.15) is 0 Å². The Morgan fingerprint density at radius 2 is 2.00 bits per heavy atom. The van der Waals surface area contributed by atoms with Crippen molar-refractivity contribution in [2.75, 3.05) is 12.3 Å². The molecule has 18 heavy (non-hydrogen) atoms. The van der Waals surface area contributed by atoms with Crippen LogP contribution >= 0.6 is 0 Å². The normalized spacial score (nSPS) is 15.8. The molecule has 1 aliphatic carbocycles. The van der Waals surface area contributed by atoms with E-state index in [1.165, 1.54) is 12.8 Å². The number of hydrogen-bond acceptors (Lipinski definition) is 4. The van der Waals surface area contributed by atoms with Gasteiger partial charge in [-0.3, -0.25) is 4.98 Å². The molecule has 0 spiro atoms. The smallest absolute Gasteiger partial charge is 0.211 e. The van der Waals surface area contributed by atoms with Crippen molar-refractivity contribution >= 4 is 10.0 Å². The van der Waals surface area contributed by atoms with Crippen LogP contribution in [-0.4, -0.2) is 31.7 Å². The molecular weight excluding hydrogens is 250 g/mol. The van der Waals surface area contributed by atoms with Gasteiger partial charge in [0, 0.05) is 25.0 Å². The fraction of sp³-hybridized carbons (Fsp3) is 0.583. The van der Waals surface area contributed by atoms with Gasteiger partial charge in [-0.1, -0.05) is 0 Å². The molecule has 1 heterocycles. The van der Waals surface area contributed by atoms with E-state index < -0.39 is 10.0 Å². The van der Waals surface area contributed by atoms with E-state index in [1.807, 2.05) is 0 Å². The number of nitrogens with one attached hydrogen (secondary N) is 2. The van der Waals surface area contributed by atoms with Crippen LogP contribution in [0.15, 0.2) is 24.5 Å². The predicted molar refractivity (Wildman–Crippen MR) is 70.5 cm³/mol. The Bertz CT molecular complexity index is 457. The Hall–Kier alpha value is -0.980. The molecule has 0 aromatic carbocycles. The zero-order valence-electron chi connectivity index (χ0n) is 10.3. The van der Waals surface area contributed by atoms with Gasteiger partial charge < -0.3 is 5.32 Å². The standard InChI is InChI=1S/C12H19N3O2S/c16-18(17,9-1-6-14-12-2-3-12)15-10-11-4-7-13-8-5-11/h4-5,7-8,12,14-15H,1-3,6,9-10H2. The van der Waals surface area contributed by atoms with Crippen LogP contribution in [0.4, 0.5) is 0 Å². The molecule has 1 saturated carbocycles. The summed E-state index contributed by atoms with van der Waals surface area (Å²) >= 11 is 0. The molecule has 6 heteroatoms. The Morgan fingerprint density at radius 1 is 1.28 bits per heavy atom. The molecule has 2 rings (SSSR count). The molecule has 1 aromatic rings. The summed E-state index contributed by atoms with van der Waals surface area (Å²) in [5.41, 5.74) is 0.921. The lowest BCUT2D eigenvalue weighted by Crippen LogP contribution is -2.28. The summed E-state index contributed by atoms with van der Waals surface area (Å²) in [6, 6.07) is 4.24. The Morgan fingerprint density at radius 3 is 2.67 bits per heavy atom. The molecule has 0 bridgehead atoms. The number of sulfonamides is 1. The topological polar surface area (TPSA) is 71.1 Å². The molecule has 0 aliphatic heterocycles. The first-order chi connectivity index (χ1) is 8.66. The molecule has 0 amide bonds. The summed E-state index contributed by atoms with van der Waals surface area (Å²) < 4.78 is 26.0. The first-order valence-corrected chi connectivity index (χ1v) is 7.90. The van der Waals surface area contributed by atoms with E-state index in [9.17, 15) is 8.42 Å². The van der Waals surface area contributed by atoms with Crippen molar-refractivity contribution in [1.82, 2.24) is 15.0 Å². The number of hydrogen-bond donors (Lipinski definition) is 2. The van der Waals surface area contributed by atoms with E-state index in [4.69, 9.17) is 0 Å². The summed E-state index contributed by atoms with van der Waals surface area (Å²) in [7, 11) is -3.17. The molecule has 5 nitrogen and oxygen atoms in total. The van der Waals surface area contributed by atoms with Crippen LogP contribution in [0.2, 0.25) is 0 Å². The van der Waals surface area contributed by atoms with Crippen LogP contribution < -0.4 is 10.0 Å². The highest BCUT2D eigenvalue weighted by atomic mass is 32.2. The third-order valence-corrected chi connectivity index (χ3v) is 4.26. The van der Waals surface area contributed by atoms with Gasteiger partial charge >= 0.3 is 0 Å². The zero-order chi connectivity index (χ0) is 12.8. The second-order valence-electron chi connectivity index (χ2n) is 4.58. The van der Waals surface area contributed by atoms with E-state index in [0.29, 0.717) is 19.0 Å². The van der Waals surface area contributed by atoms with Crippen molar-refractivity contribution in [3.05, 3.63) is 30.1 Å². The molecule has 0 atom stereocenters. The molecule has 100 valence electrons. The van der Waals surface area contributed by atoms with Crippen LogP contribution in [-0.2, 0) is 16.6 Å². The number of aromatic nitrogens is 1. The van der Waals surface area contributed by atoms with E-state index in [2.05, 4.69) is 15.0 Å². The van der Waals surface area contributed by atoms with Crippen molar-refractivity contribution < 1.29 is 8.42 Å². The lowest BCUT2D eigenvalue weighted by molar-refractivity contribution is 0.574. The maximum Gasteiger partial charge on any atom is 0.211 e. The van der Waals surface area contributed by atoms with Gasteiger partial charge in [0.05, 0.1) is 5.75 Å². The highest BCUT2D eigenvalue weighted by Gasteiger charge is 2.20. The van der Waals surface area contributed by atoms with Gasteiger partial charge in [0.25, 0.3) is 0 Å². The predicted octanol–water partition coefficient (Wildman–Crippen LogP) is 0.643. The summed E-state index contributed by atoms with van der Waals surface area (Å²) in [6.07, 6.45) is 6.43. The molecule has 1 fully saturated rings. The second kappa shape index (κ2) is 6.26. The summed E-state index contributed by atoms with van der Waals surface area (Å²) in [5, 5.41) is 3.30. The van der Waals surface area contributed by atoms with Crippen LogP contribution in [0.3, 0.4) is 0 Å². The van der Waals surface area contributed by atoms with Crippen molar-refractivity contribution in [3.63, 3.8) is 0 Å². The average Bonchev–Trinajstić information content (AvgIpc) is 3.18. The highest BCUT2D eigenvalue weighted by molar-refractivity contribution is 7.89. The zero-order valence-corrected chi connectivity index (χ0v) is 11.1. The lowest BCUT2D eigenvalue weighted by Gasteiger charge is -2.07. The minimum atomic E-state index is -3.17. The van der Waals surface area contributed by atoms with Gasteiger partial charge in [-0.25, -0.2) is 13.1 Å². The van der Waals surface area contributed by atoms with E-state index in [1.54, 1.807) is 24.5 Å². The fourth-order valence-electron chi connectivity index (χ4n) is 1.62. The van der Waals surface area contributed by atoms with Crippen molar-refractivity contribution in [3.8, 4) is 0 Å². The highest BCUT2D eigenvalue weighted by Crippen LogP contribution is 2.18. The van der Waals surface area contributed by atoms with Crippen LogP contribution in [0.1, 0.15) is 24.8 Å². The van der Waals surface area contributed by atoms with Gasteiger partial charge in [-0.15, -0.1) is 0 Å². The molecule has 0 radical (unpaired) electrons. The third-order valence-electron chi connectivity index (χ3n) is 2.85. The summed E-state index contributed by atoms with van der Waals surface area (Å²) in [5.74, 6) is 0.178. The monoisotopic (exact) mass is 269 g/mol. The average molecular weight is 269 g/mol. The van der Waals surface area contributed by atoms with Gasteiger partial charge in [-0.2, -0.15) is 0 Å². The van der Waals surface area contributed by atoms with Crippen molar-refractivity contribution in [1.29, 1.82) is 0 Å². The minimum absolute atomic E-state index is 0.178. The fourth-order valence-corrected chi connectivity index (χ4v) is 2.68. The Kier molecular flexibility index (Phi) is 4.68. The molecule has 0 unspecified atom stereocenters. The first-order valence-electron chi connectivity index (χ1n) is 6.25. The van der Waals surface area contributed by atoms with Gasteiger partial charge in [0.15, 0.2) is 0 Å². The van der Waals surface area contributed by atoms with Crippen LogP contribution in [0.5, 0.6) is 0 Å². The SMILES string of the molecule is O=S(=O)(CCCNC1CC1)NCc1ccncc1. The van der Waals surface area contributed by atoms with E-state index in [-0.39, 0.29) is 5.75 Å². The Balaban J connectivity index is 1.66.